The van der Waals surface area contributed by atoms with Gasteiger partial charge >= 0.3 is 0 Å². The second kappa shape index (κ2) is 13.2. The second-order valence-electron chi connectivity index (χ2n) is 24.6. The molecule has 10 rings (SSSR count). The van der Waals surface area contributed by atoms with Gasteiger partial charge in [-0.2, -0.15) is 0 Å². The maximum absolute atomic E-state index is 2.71. The molecule has 4 heteroatoms. The summed E-state index contributed by atoms with van der Waals surface area (Å²) in [5.41, 5.74) is 22.8. The van der Waals surface area contributed by atoms with Crippen molar-refractivity contribution in [3.63, 3.8) is 0 Å². The standard InChI is InChI=1S/C58H69BN2S/c1-34-27-47-51-48(28-34)61(45-21-17-36(29-35(45)2)53(3,4)5)52-50(39-30-37(54(6,7)8)18-22-49(39)62-52)59(51)44-32-42-43(58(15,16)26-25-57(42,13)14)33-46(44)60(47)38-19-20-40-41(31-38)56(11,12)24-23-55(40,9)10/h17-22,27-33H,23-26H2,1-16H3. The molecule has 0 N–H and O–H groups in total. The Labute approximate surface area is 378 Å². The molecule has 1 aromatic heterocycles. The van der Waals surface area contributed by atoms with Crippen molar-refractivity contribution in [1.29, 1.82) is 0 Å². The van der Waals surface area contributed by atoms with Gasteiger partial charge in [0.15, 0.2) is 0 Å². The third kappa shape index (κ3) is 6.15. The number of fused-ring (bicyclic) bond motifs is 8. The quantitative estimate of drug-likeness (QED) is 0.160. The molecular weight excluding hydrogens is 768 g/mol. The van der Waals surface area contributed by atoms with Crippen LogP contribution >= 0.6 is 11.3 Å². The van der Waals surface area contributed by atoms with Gasteiger partial charge in [-0.25, -0.2) is 0 Å². The summed E-state index contributed by atoms with van der Waals surface area (Å²) >= 11 is 1.99. The molecule has 0 saturated carbocycles. The van der Waals surface area contributed by atoms with E-state index in [0.29, 0.717) is 0 Å². The molecule has 0 unspecified atom stereocenters. The molecule has 2 nitrogen and oxygen atoms in total. The van der Waals surface area contributed by atoms with E-state index in [1.54, 1.807) is 0 Å². The smallest absolute Gasteiger partial charge is 0.254 e. The van der Waals surface area contributed by atoms with Crippen molar-refractivity contribution in [2.24, 2.45) is 0 Å². The molecule has 0 fully saturated rings. The lowest BCUT2D eigenvalue weighted by molar-refractivity contribution is 0.332. The van der Waals surface area contributed by atoms with E-state index in [4.69, 9.17) is 0 Å². The minimum absolute atomic E-state index is 0.0294. The Hall–Kier alpha value is -4.28. The van der Waals surface area contributed by atoms with E-state index in [1.807, 2.05) is 11.3 Å². The van der Waals surface area contributed by atoms with E-state index in [9.17, 15) is 0 Å². The average molecular weight is 837 g/mol. The SMILES string of the molecule is Cc1cc2c3c(c1)N(c1ccc(C(C)(C)C)cc1C)c1sc4ccc(C(C)(C)C)cc4c1B3c1cc3c(cc1N2c1ccc2c(c1)C(C)(C)CCC2(C)C)C(C)(C)CCC3(C)C. The van der Waals surface area contributed by atoms with E-state index in [0.717, 1.165) is 0 Å². The molecule has 6 aromatic rings. The Kier molecular flexibility index (Phi) is 8.85. The summed E-state index contributed by atoms with van der Waals surface area (Å²) in [6.45, 7) is 38.6. The van der Waals surface area contributed by atoms with Gasteiger partial charge in [-0.15, -0.1) is 11.3 Å². The van der Waals surface area contributed by atoms with E-state index in [2.05, 4.69) is 199 Å². The fourth-order valence-electron chi connectivity index (χ4n) is 11.8. The molecule has 0 spiro atoms. The molecule has 2 aliphatic heterocycles. The molecule has 0 bridgehead atoms. The van der Waals surface area contributed by atoms with Gasteiger partial charge in [-0.3, -0.25) is 0 Å². The first kappa shape index (κ1) is 41.7. The molecular formula is C58H69BN2S. The number of anilines is 6. The van der Waals surface area contributed by atoms with Crippen molar-refractivity contribution in [1.82, 2.24) is 0 Å². The van der Waals surface area contributed by atoms with Crippen molar-refractivity contribution in [3.05, 3.63) is 123 Å². The second-order valence-corrected chi connectivity index (χ2v) is 25.6. The Morgan fingerprint density at radius 2 is 1.03 bits per heavy atom. The number of thiophene rings is 1. The van der Waals surface area contributed by atoms with Crippen LogP contribution in [0.3, 0.4) is 0 Å². The summed E-state index contributed by atoms with van der Waals surface area (Å²) in [6, 6.07) is 32.6. The highest BCUT2D eigenvalue weighted by atomic mass is 32.1. The lowest BCUT2D eigenvalue weighted by Gasteiger charge is -2.47. The van der Waals surface area contributed by atoms with Gasteiger partial charge in [0.1, 0.15) is 0 Å². The highest BCUT2D eigenvalue weighted by Gasteiger charge is 2.48. The normalized spacial score (nSPS) is 19.1. The average Bonchev–Trinajstić information content (AvgIpc) is 3.56. The van der Waals surface area contributed by atoms with Gasteiger partial charge < -0.3 is 9.80 Å². The number of nitrogens with zero attached hydrogens (tertiary/aromatic N) is 2. The maximum atomic E-state index is 2.71. The topological polar surface area (TPSA) is 6.48 Å². The molecule has 2 aliphatic carbocycles. The summed E-state index contributed by atoms with van der Waals surface area (Å²) < 4.78 is 1.37. The van der Waals surface area contributed by atoms with Crippen LogP contribution in [-0.2, 0) is 32.5 Å². The Morgan fingerprint density at radius 1 is 0.500 bits per heavy atom. The van der Waals surface area contributed by atoms with Crippen LogP contribution in [0.2, 0.25) is 0 Å². The Balaban J connectivity index is 1.35. The minimum atomic E-state index is 0.0294. The van der Waals surface area contributed by atoms with Gasteiger partial charge in [0, 0.05) is 33.1 Å². The molecule has 0 amide bonds. The van der Waals surface area contributed by atoms with Crippen LogP contribution in [-0.4, -0.2) is 6.71 Å². The summed E-state index contributed by atoms with van der Waals surface area (Å²) in [7, 11) is 0. The van der Waals surface area contributed by atoms with E-state index < -0.39 is 0 Å². The highest BCUT2D eigenvalue weighted by molar-refractivity contribution is 7.26. The molecule has 0 atom stereocenters. The predicted octanol–water partition coefficient (Wildman–Crippen LogP) is 14.9. The lowest BCUT2D eigenvalue weighted by atomic mass is 9.33. The van der Waals surface area contributed by atoms with Crippen molar-refractivity contribution in [2.75, 3.05) is 9.80 Å². The summed E-state index contributed by atoms with van der Waals surface area (Å²) in [6.07, 6.45) is 4.78. The molecule has 3 heterocycles. The zero-order valence-corrected chi connectivity index (χ0v) is 41.5. The first-order valence-corrected chi connectivity index (χ1v) is 24.4. The van der Waals surface area contributed by atoms with Crippen LogP contribution in [0.15, 0.2) is 78.9 Å². The van der Waals surface area contributed by atoms with Crippen LogP contribution in [0, 0.1) is 13.8 Å². The number of hydrogen-bond acceptors (Lipinski definition) is 3. The molecule has 0 saturated heterocycles. The van der Waals surface area contributed by atoms with Crippen LogP contribution in [0.25, 0.3) is 10.1 Å². The van der Waals surface area contributed by atoms with Crippen molar-refractivity contribution in [2.45, 2.75) is 169 Å². The van der Waals surface area contributed by atoms with Crippen molar-refractivity contribution in [3.8, 4) is 0 Å². The van der Waals surface area contributed by atoms with E-state index >= 15 is 0 Å². The lowest BCUT2D eigenvalue weighted by Crippen LogP contribution is -2.61. The Bertz CT molecular complexity index is 2870. The number of aryl methyl sites for hydroxylation is 2. The monoisotopic (exact) mass is 837 g/mol. The van der Waals surface area contributed by atoms with Crippen molar-refractivity contribution >= 4 is 78.0 Å². The van der Waals surface area contributed by atoms with Crippen molar-refractivity contribution < 1.29 is 0 Å². The first-order chi connectivity index (χ1) is 28.8. The summed E-state index contributed by atoms with van der Waals surface area (Å²) in [5, 5.41) is 2.77. The largest absolute Gasteiger partial charge is 0.311 e. The van der Waals surface area contributed by atoms with Crippen LogP contribution in [0.4, 0.5) is 33.4 Å². The number of rotatable bonds is 2. The molecule has 320 valence electrons. The molecule has 5 aromatic carbocycles. The molecule has 4 aliphatic rings. The first-order valence-electron chi connectivity index (χ1n) is 23.6. The minimum Gasteiger partial charge on any atom is -0.311 e. The highest BCUT2D eigenvalue weighted by Crippen LogP contribution is 2.54. The zero-order chi connectivity index (χ0) is 44.4. The molecule has 0 radical (unpaired) electrons. The van der Waals surface area contributed by atoms with Gasteiger partial charge in [-0.05, 0) is 181 Å². The fourth-order valence-corrected chi connectivity index (χ4v) is 13.0. The summed E-state index contributed by atoms with van der Waals surface area (Å²) in [5.74, 6) is 0. The van der Waals surface area contributed by atoms with Gasteiger partial charge in [0.25, 0.3) is 6.71 Å². The predicted molar refractivity (Wildman–Crippen MR) is 273 cm³/mol. The van der Waals surface area contributed by atoms with Crippen LogP contribution in [0.5, 0.6) is 0 Å². The number of benzene rings is 5. The third-order valence-electron chi connectivity index (χ3n) is 16.1. The maximum Gasteiger partial charge on any atom is 0.254 e. The molecule has 62 heavy (non-hydrogen) atoms. The Morgan fingerprint density at radius 3 is 1.63 bits per heavy atom. The van der Waals surface area contributed by atoms with Crippen LogP contribution in [0.1, 0.15) is 167 Å². The van der Waals surface area contributed by atoms with Gasteiger partial charge in [0.2, 0.25) is 0 Å². The van der Waals surface area contributed by atoms with Gasteiger partial charge in [0.05, 0.1) is 5.00 Å². The fraction of sp³-hybridized carbons (Fsp3) is 0.448. The number of hydrogen-bond donors (Lipinski definition) is 0. The van der Waals surface area contributed by atoms with Crippen LogP contribution < -0.4 is 26.2 Å². The zero-order valence-electron chi connectivity index (χ0n) is 40.7. The van der Waals surface area contributed by atoms with E-state index in [1.165, 1.54) is 130 Å². The van der Waals surface area contributed by atoms with Gasteiger partial charge in [-0.1, -0.05) is 133 Å². The summed E-state index contributed by atoms with van der Waals surface area (Å²) in [4.78, 5) is 5.38. The van der Waals surface area contributed by atoms with E-state index in [-0.39, 0.29) is 39.2 Å². The third-order valence-corrected chi connectivity index (χ3v) is 17.2.